The smallest absolute Gasteiger partial charge is 0.311 e. The molecule has 0 radical (unpaired) electrons. The topological polar surface area (TPSA) is 75.6 Å². The molecule has 1 saturated heterocycles. The Morgan fingerprint density at radius 1 is 1.22 bits per heavy atom. The van der Waals surface area contributed by atoms with E-state index in [2.05, 4.69) is 17.4 Å². The fourth-order valence-electron chi connectivity index (χ4n) is 3.39. The van der Waals surface area contributed by atoms with E-state index in [1.807, 2.05) is 18.2 Å². The van der Waals surface area contributed by atoms with Gasteiger partial charge in [0.1, 0.15) is 0 Å². The number of benzene rings is 1. The second kappa shape index (κ2) is 6.71. The summed E-state index contributed by atoms with van der Waals surface area (Å²) in [5.41, 5.74) is 0.424. The minimum atomic E-state index is -0.865. The molecule has 5 nitrogen and oxygen atoms in total. The fourth-order valence-corrected chi connectivity index (χ4v) is 3.39. The molecule has 1 aromatic carbocycles. The Kier molecular flexibility index (Phi) is 4.66. The van der Waals surface area contributed by atoms with E-state index in [0.29, 0.717) is 44.3 Å². The molecule has 0 bridgehead atoms. The third kappa shape index (κ3) is 3.72. The maximum atomic E-state index is 12.1. The lowest BCUT2D eigenvalue weighted by Crippen LogP contribution is -2.46. The van der Waals surface area contributed by atoms with Gasteiger partial charge in [0.15, 0.2) is 0 Å². The van der Waals surface area contributed by atoms with Gasteiger partial charge in [0.2, 0.25) is 5.91 Å². The quantitative estimate of drug-likeness (QED) is 0.843. The van der Waals surface area contributed by atoms with Crippen LogP contribution in [-0.4, -0.2) is 36.7 Å². The summed E-state index contributed by atoms with van der Waals surface area (Å²) in [6, 6.07) is 10.2. The number of hydrogen-bond donors (Lipinski definition) is 2. The molecule has 1 heterocycles. The van der Waals surface area contributed by atoms with Crippen molar-refractivity contribution in [3.05, 3.63) is 35.9 Å². The molecule has 2 fully saturated rings. The molecule has 2 aliphatic rings. The Labute approximate surface area is 136 Å². The zero-order chi connectivity index (χ0) is 16.3. The Morgan fingerprint density at radius 2 is 1.91 bits per heavy atom. The van der Waals surface area contributed by atoms with E-state index < -0.39 is 11.4 Å². The second-order valence-electron chi connectivity index (χ2n) is 6.69. The van der Waals surface area contributed by atoms with Gasteiger partial charge >= 0.3 is 5.97 Å². The maximum Gasteiger partial charge on any atom is 0.311 e. The number of carbonyl (C=O) groups is 2. The minimum Gasteiger partial charge on any atom is -0.481 e. The van der Waals surface area contributed by atoms with Gasteiger partial charge < -0.3 is 15.2 Å². The number of ether oxygens (including phenoxy) is 1. The van der Waals surface area contributed by atoms with Crippen molar-refractivity contribution in [2.75, 3.05) is 19.8 Å². The van der Waals surface area contributed by atoms with Gasteiger partial charge in [-0.15, -0.1) is 0 Å². The summed E-state index contributed by atoms with van der Waals surface area (Å²) >= 11 is 0. The van der Waals surface area contributed by atoms with E-state index in [9.17, 15) is 14.7 Å². The van der Waals surface area contributed by atoms with Crippen molar-refractivity contribution in [1.29, 1.82) is 0 Å². The highest BCUT2D eigenvalue weighted by Crippen LogP contribution is 2.49. The SMILES string of the molecule is O=C(C[C@@H]1C[C@H]1c1ccccc1)NCC1(C(=O)O)CCOCC1. The van der Waals surface area contributed by atoms with Gasteiger partial charge in [-0.2, -0.15) is 0 Å². The molecule has 0 unspecified atom stereocenters. The largest absolute Gasteiger partial charge is 0.481 e. The summed E-state index contributed by atoms with van der Waals surface area (Å²) in [7, 11) is 0. The first-order chi connectivity index (χ1) is 11.1. The van der Waals surface area contributed by atoms with Crippen molar-refractivity contribution in [2.24, 2.45) is 11.3 Å². The van der Waals surface area contributed by atoms with E-state index in [0.717, 1.165) is 6.42 Å². The predicted octanol–water partition coefficient (Wildman–Crippen LogP) is 2.18. The van der Waals surface area contributed by atoms with E-state index in [1.165, 1.54) is 5.56 Å². The van der Waals surface area contributed by atoms with Crippen molar-refractivity contribution in [3.63, 3.8) is 0 Å². The van der Waals surface area contributed by atoms with E-state index >= 15 is 0 Å². The standard InChI is InChI=1S/C18H23NO4/c20-16(11-14-10-15(14)13-4-2-1-3-5-13)19-12-18(17(21)22)6-8-23-9-7-18/h1-5,14-15H,6-12H2,(H,19,20)(H,21,22)/t14-,15-/m0/s1. The molecular weight excluding hydrogens is 294 g/mol. The van der Waals surface area contributed by atoms with Crippen LogP contribution in [0.15, 0.2) is 30.3 Å². The number of amides is 1. The monoisotopic (exact) mass is 317 g/mol. The van der Waals surface area contributed by atoms with Crippen LogP contribution in [0.25, 0.3) is 0 Å². The van der Waals surface area contributed by atoms with Gasteiger partial charge in [-0.1, -0.05) is 30.3 Å². The third-order valence-corrected chi connectivity index (χ3v) is 5.13. The lowest BCUT2D eigenvalue weighted by atomic mass is 9.80. The highest BCUT2D eigenvalue weighted by Gasteiger charge is 2.42. The van der Waals surface area contributed by atoms with Crippen molar-refractivity contribution in [2.45, 2.75) is 31.6 Å². The van der Waals surface area contributed by atoms with Gasteiger partial charge in [0.25, 0.3) is 0 Å². The van der Waals surface area contributed by atoms with Crippen LogP contribution in [0.4, 0.5) is 0 Å². The first kappa shape index (κ1) is 16.0. The summed E-state index contributed by atoms with van der Waals surface area (Å²) in [4.78, 5) is 23.7. The number of carboxylic acid groups (broad SMARTS) is 1. The second-order valence-corrected chi connectivity index (χ2v) is 6.69. The molecule has 2 N–H and O–H groups in total. The van der Waals surface area contributed by atoms with Gasteiger partial charge in [-0.25, -0.2) is 0 Å². The van der Waals surface area contributed by atoms with Crippen LogP contribution in [-0.2, 0) is 14.3 Å². The van der Waals surface area contributed by atoms with Crippen LogP contribution in [0, 0.1) is 11.3 Å². The molecule has 5 heteroatoms. The van der Waals surface area contributed by atoms with Crippen LogP contribution in [0.1, 0.15) is 37.2 Å². The molecule has 1 aliphatic heterocycles. The zero-order valence-corrected chi connectivity index (χ0v) is 13.2. The molecular formula is C18H23NO4. The number of nitrogens with one attached hydrogen (secondary N) is 1. The van der Waals surface area contributed by atoms with Crippen LogP contribution in [0.5, 0.6) is 0 Å². The molecule has 23 heavy (non-hydrogen) atoms. The number of carboxylic acids is 1. The van der Waals surface area contributed by atoms with E-state index in [-0.39, 0.29) is 12.5 Å². The molecule has 1 amide bonds. The maximum absolute atomic E-state index is 12.1. The fraction of sp³-hybridized carbons (Fsp3) is 0.556. The summed E-state index contributed by atoms with van der Waals surface area (Å²) in [5.74, 6) is -0.0263. The Balaban J connectivity index is 1.48. The van der Waals surface area contributed by atoms with Crippen LogP contribution < -0.4 is 5.32 Å². The van der Waals surface area contributed by atoms with Crippen molar-refractivity contribution in [1.82, 2.24) is 5.32 Å². The lowest BCUT2D eigenvalue weighted by molar-refractivity contribution is -0.154. The molecule has 1 saturated carbocycles. The molecule has 124 valence electrons. The molecule has 1 aromatic rings. The lowest BCUT2D eigenvalue weighted by Gasteiger charge is -2.33. The molecule has 3 rings (SSSR count). The van der Waals surface area contributed by atoms with Gasteiger partial charge in [-0.3, -0.25) is 9.59 Å². The van der Waals surface area contributed by atoms with E-state index in [4.69, 9.17) is 4.74 Å². The Bertz CT molecular complexity index is 566. The average Bonchev–Trinajstić information content (AvgIpc) is 3.33. The van der Waals surface area contributed by atoms with Crippen molar-refractivity contribution < 1.29 is 19.4 Å². The predicted molar refractivity (Wildman–Crippen MR) is 85.0 cm³/mol. The van der Waals surface area contributed by atoms with Crippen LogP contribution in [0.2, 0.25) is 0 Å². The highest BCUT2D eigenvalue weighted by atomic mass is 16.5. The summed E-state index contributed by atoms with van der Waals surface area (Å²) in [6.45, 7) is 1.09. The van der Waals surface area contributed by atoms with Gasteiger partial charge in [-0.05, 0) is 36.7 Å². The average molecular weight is 317 g/mol. The molecule has 1 aliphatic carbocycles. The van der Waals surface area contributed by atoms with Crippen molar-refractivity contribution in [3.8, 4) is 0 Å². The molecule has 0 aromatic heterocycles. The van der Waals surface area contributed by atoms with Crippen LogP contribution in [0.3, 0.4) is 0 Å². The number of aliphatic carboxylic acids is 1. The zero-order valence-electron chi connectivity index (χ0n) is 13.2. The number of hydrogen-bond acceptors (Lipinski definition) is 3. The third-order valence-electron chi connectivity index (χ3n) is 5.13. The van der Waals surface area contributed by atoms with Gasteiger partial charge in [0.05, 0.1) is 5.41 Å². The van der Waals surface area contributed by atoms with Crippen molar-refractivity contribution >= 4 is 11.9 Å². The number of carbonyl (C=O) groups excluding carboxylic acids is 1. The molecule has 0 spiro atoms. The Hall–Kier alpha value is -1.88. The first-order valence-corrected chi connectivity index (χ1v) is 8.23. The minimum absolute atomic E-state index is 0.0412. The normalized spacial score (nSPS) is 25.6. The summed E-state index contributed by atoms with van der Waals surface area (Å²) < 4.78 is 5.24. The molecule has 2 atom stereocenters. The first-order valence-electron chi connectivity index (χ1n) is 8.23. The van der Waals surface area contributed by atoms with E-state index in [1.54, 1.807) is 0 Å². The van der Waals surface area contributed by atoms with Crippen LogP contribution >= 0.6 is 0 Å². The highest BCUT2D eigenvalue weighted by molar-refractivity contribution is 5.79. The number of rotatable bonds is 6. The summed E-state index contributed by atoms with van der Waals surface area (Å²) in [6.07, 6.45) is 2.43. The van der Waals surface area contributed by atoms with Gasteiger partial charge in [0, 0.05) is 26.2 Å². The Morgan fingerprint density at radius 3 is 2.57 bits per heavy atom. The summed E-state index contributed by atoms with van der Waals surface area (Å²) in [5, 5.41) is 12.3.